The monoisotopic (exact) mass is 433 g/mol. The number of aromatic nitrogens is 2. The Balaban J connectivity index is 1.69. The highest BCUT2D eigenvalue weighted by atomic mass is 32.2. The first kappa shape index (κ1) is 19.8. The zero-order valence-corrected chi connectivity index (χ0v) is 17.9. The van der Waals surface area contributed by atoms with Gasteiger partial charge >= 0.3 is 0 Å². The summed E-state index contributed by atoms with van der Waals surface area (Å²) in [6.07, 6.45) is 0.863. The lowest BCUT2D eigenvalue weighted by Gasteiger charge is -2.23. The first-order chi connectivity index (χ1) is 15.0. The van der Waals surface area contributed by atoms with Crippen molar-refractivity contribution in [3.05, 3.63) is 71.7 Å². The number of halogens is 1. The van der Waals surface area contributed by atoms with Crippen LogP contribution >= 0.6 is 11.8 Å². The largest absolute Gasteiger partial charge is 0.335 e. The smallest absolute Gasteiger partial charge is 0.259 e. The van der Waals surface area contributed by atoms with E-state index in [2.05, 4.69) is 17.1 Å². The summed E-state index contributed by atoms with van der Waals surface area (Å²) in [5.74, 6) is -0.576. The van der Waals surface area contributed by atoms with E-state index in [0.717, 1.165) is 17.0 Å². The van der Waals surface area contributed by atoms with Crippen molar-refractivity contribution < 1.29 is 13.7 Å². The minimum atomic E-state index is -0.408. The van der Waals surface area contributed by atoms with Crippen LogP contribution in [-0.2, 0) is 0 Å². The number of nitrogens with zero attached hydrogens (tertiary/aromatic N) is 3. The lowest BCUT2D eigenvalue weighted by molar-refractivity contribution is 0.0988. The maximum absolute atomic E-state index is 14.5. The first-order valence-corrected chi connectivity index (χ1v) is 11.0. The fourth-order valence-corrected chi connectivity index (χ4v) is 5.03. The summed E-state index contributed by atoms with van der Waals surface area (Å²) < 4.78 is 19.9. The number of hydrogen-bond acceptors (Lipinski definition) is 5. The van der Waals surface area contributed by atoms with Crippen molar-refractivity contribution in [2.24, 2.45) is 0 Å². The van der Waals surface area contributed by atoms with Gasteiger partial charge in [0.1, 0.15) is 5.82 Å². The highest BCUT2D eigenvalue weighted by molar-refractivity contribution is 8.00. The SMILES string of the molecule is Cc1noc2nc(-c3ccccc3F)cc(C(=O)N3CCC(C)Sc4ccccc43)c12. The third-order valence-corrected chi connectivity index (χ3v) is 6.72. The highest BCUT2D eigenvalue weighted by Crippen LogP contribution is 2.39. The Morgan fingerprint density at radius 3 is 2.81 bits per heavy atom. The Hall–Kier alpha value is -3.19. The van der Waals surface area contributed by atoms with Crippen LogP contribution in [0.5, 0.6) is 0 Å². The summed E-state index contributed by atoms with van der Waals surface area (Å²) >= 11 is 1.77. The third kappa shape index (κ3) is 3.49. The molecule has 5 nitrogen and oxygen atoms in total. The van der Waals surface area contributed by atoms with E-state index >= 15 is 0 Å². The second-order valence-electron chi connectivity index (χ2n) is 7.62. The van der Waals surface area contributed by atoms with E-state index < -0.39 is 5.82 Å². The summed E-state index contributed by atoms with van der Waals surface area (Å²) in [6, 6.07) is 15.9. The number of hydrogen-bond donors (Lipinski definition) is 0. The van der Waals surface area contributed by atoms with Gasteiger partial charge in [0.15, 0.2) is 0 Å². The molecule has 156 valence electrons. The number of para-hydroxylation sites is 1. The van der Waals surface area contributed by atoms with Crippen molar-refractivity contribution in [3.63, 3.8) is 0 Å². The molecule has 1 aliphatic heterocycles. The second-order valence-corrected chi connectivity index (χ2v) is 9.10. The maximum Gasteiger partial charge on any atom is 0.259 e. The van der Waals surface area contributed by atoms with Gasteiger partial charge < -0.3 is 9.42 Å². The van der Waals surface area contributed by atoms with E-state index in [1.54, 1.807) is 47.9 Å². The molecule has 0 saturated carbocycles. The molecule has 1 atom stereocenters. The molecule has 0 spiro atoms. The molecule has 3 heterocycles. The minimum Gasteiger partial charge on any atom is -0.335 e. The average molecular weight is 434 g/mol. The van der Waals surface area contributed by atoms with Gasteiger partial charge in [-0.2, -0.15) is 0 Å². The van der Waals surface area contributed by atoms with Crippen LogP contribution in [0, 0.1) is 12.7 Å². The molecule has 2 aromatic carbocycles. The Morgan fingerprint density at radius 2 is 1.97 bits per heavy atom. The van der Waals surface area contributed by atoms with Crippen molar-refractivity contribution in [1.82, 2.24) is 10.1 Å². The normalized spacial score (nSPS) is 16.2. The van der Waals surface area contributed by atoms with Crippen molar-refractivity contribution in [2.75, 3.05) is 11.4 Å². The van der Waals surface area contributed by atoms with Gasteiger partial charge in [0.25, 0.3) is 11.6 Å². The number of amides is 1. The van der Waals surface area contributed by atoms with E-state index in [4.69, 9.17) is 4.52 Å². The van der Waals surface area contributed by atoms with Crippen LogP contribution in [0.3, 0.4) is 0 Å². The average Bonchev–Trinajstić information content (AvgIpc) is 3.05. The van der Waals surface area contributed by atoms with E-state index in [9.17, 15) is 9.18 Å². The number of benzene rings is 2. The molecular weight excluding hydrogens is 413 g/mol. The number of rotatable bonds is 2. The third-order valence-electron chi connectivity index (χ3n) is 5.49. The van der Waals surface area contributed by atoms with Gasteiger partial charge in [0.2, 0.25) is 0 Å². The number of fused-ring (bicyclic) bond motifs is 2. The quantitative estimate of drug-likeness (QED) is 0.396. The van der Waals surface area contributed by atoms with E-state index in [1.807, 2.05) is 24.3 Å². The Bertz CT molecular complexity index is 1300. The van der Waals surface area contributed by atoms with Crippen LogP contribution in [-0.4, -0.2) is 27.8 Å². The van der Waals surface area contributed by atoms with Gasteiger partial charge in [-0.1, -0.05) is 36.3 Å². The molecule has 5 rings (SSSR count). The highest BCUT2D eigenvalue weighted by Gasteiger charge is 2.28. The predicted molar refractivity (Wildman–Crippen MR) is 120 cm³/mol. The molecule has 0 saturated heterocycles. The topological polar surface area (TPSA) is 59.2 Å². The molecule has 0 radical (unpaired) electrons. The summed E-state index contributed by atoms with van der Waals surface area (Å²) in [5, 5.41) is 4.96. The zero-order chi connectivity index (χ0) is 21.5. The summed E-state index contributed by atoms with van der Waals surface area (Å²) in [4.78, 5) is 21.2. The van der Waals surface area contributed by atoms with Crippen LogP contribution in [0.25, 0.3) is 22.4 Å². The Kier molecular flexibility index (Phi) is 4.98. The number of anilines is 1. The van der Waals surface area contributed by atoms with Gasteiger partial charge in [-0.05, 0) is 43.7 Å². The van der Waals surface area contributed by atoms with Crippen LogP contribution in [0.2, 0.25) is 0 Å². The molecular formula is C24H20FN3O2S. The van der Waals surface area contributed by atoms with Gasteiger partial charge in [-0.15, -0.1) is 11.8 Å². The van der Waals surface area contributed by atoms with Crippen LogP contribution in [0.4, 0.5) is 10.1 Å². The van der Waals surface area contributed by atoms with E-state index in [1.165, 1.54) is 6.07 Å². The van der Waals surface area contributed by atoms with Crippen molar-refractivity contribution in [1.29, 1.82) is 0 Å². The summed E-state index contributed by atoms with van der Waals surface area (Å²) in [6.45, 7) is 4.54. The molecule has 2 aromatic heterocycles. The van der Waals surface area contributed by atoms with Crippen molar-refractivity contribution in [2.45, 2.75) is 30.4 Å². The lowest BCUT2D eigenvalue weighted by Crippen LogP contribution is -2.32. The lowest BCUT2D eigenvalue weighted by atomic mass is 10.0. The molecule has 1 amide bonds. The maximum atomic E-state index is 14.5. The van der Waals surface area contributed by atoms with E-state index in [0.29, 0.717) is 39.7 Å². The predicted octanol–water partition coefficient (Wildman–Crippen LogP) is 5.87. The number of carbonyl (C=O) groups is 1. The number of aryl methyl sites for hydroxylation is 1. The Morgan fingerprint density at radius 1 is 1.19 bits per heavy atom. The molecule has 0 bridgehead atoms. The van der Waals surface area contributed by atoms with Gasteiger partial charge in [0, 0.05) is 22.3 Å². The van der Waals surface area contributed by atoms with Gasteiger partial charge in [-0.3, -0.25) is 4.79 Å². The fourth-order valence-electron chi connectivity index (χ4n) is 3.91. The molecule has 0 aliphatic carbocycles. The van der Waals surface area contributed by atoms with Crippen LogP contribution in [0.1, 0.15) is 29.4 Å². The molecule has 1 unspecified atom stereocenters. The van der Waals surface area contributed by atoms with Gasteiger partial charge in [0.05, 0.1) is 28.0 Å². The number of pyridine rings is 1. The fraction of sp³-hybridized carbons (Fsp3) is 0.208. The summed E-state index contributed by atoms with van der Waals surface area (Å²) in [7, 11) is 0. The summed E-state index contributed by atoms with van der Waals surface area (Å²) in [5.41, 5.74) is 2.76. The molecule has 4 aromatic rings. The van der Waals surface area contributed by atoms with Crippen LogP contribution < -0.4 is 4.90 Å². The van der Waals surface area contributed by atoms with Crippen molar-refractivity contribution in [3.8, 4) is 11.3 Å². The standard InChI is InChI=1S/C24H20FN3O2S/c1-14-11-12-28(20-9-5-6-10-21(20)31-14)24(29)17-13-19(16-7-3-4-8-18(16)25)26-23-22(17)15(2)27-30-23/h3-10,13-14H,11-12H2,1-2H3. The zero-order valence-electron chi connectivity index (χ0n) is 17.1. The first-order valence-electron chi connectivity index (χ1n) is 10.1. The number of carbonyl (C=O) groups excluding carboxylic acids is 1. The molecule has 1 aliphatic rings. The van der Waals surface area contributed by atoms with Gasteiger partial charge in [-0.25, -0.2) is 9.37 Å². The van der Waals surface area contributed by atoms with Crippen molar-refractivity contribution >= 4 is 34.5 Å². The molecule has 0 fully saturated rings. The molecule has 0 N–H and O–H groups in total. The second kappa shape index (κ2) is 7.81. The molecule has 31 heavy (non-hydrogen) atoms. The number of thioether (sulfide) groups is 1. The minimum absolute atomic E-state index is 0.168. The van der Waals surface area contributed by atoms with E-state index in [-0.39, 0.29) is 11.6 Å². The Labute approximate surface area is 183 Å². The molecule has 7 heteroatoms. The van der Waals surface area contributed by atoms with Crippen LogP contribution in [0.15, 0.2) is 64.0 Å².